The maximum atomic E-state index is 12.1. The molecule has 100 valence electrons. The van der Waals surface area contributed by atoms with Crippen LogP contribution in [-0.4, -0.2) is 19.8 Å². The molecule has 0 spiro atoms. The van der Waals surface area contributed by atoms with Crippen LogP contribution in [0.5, 0.6) is 5.75 Å². The Morgan fingerprint density at radius 2 is 2.17 bits per heavy atom. The minimum Gasteiger partial charge on any atom is -0.497 e. The van der Waals surface area contributed by atoms with Crippen LogP contribution in [0, 0.1) is 0 Å². The summed E-state index contributed by atoms with van der Waals surface area (Å²) < 4.78 is 41.4. The minimum absolute atomic E-state index is 0.0115. The van der Waals surface area contributed by atoms with Crippen LogP contribution < -0.4 is 10.1 Å². The highest BCUT2D eigenvalue weighted by Gasteiger charge is 2.28. The average molecular weight is 259 g/mol. The van der Waals surface area contributed by atoms with Gasteiger partial charge in [-0.1, -0.05) is 6.07 Å². The van der Waals surface area contributed by atoms with E-state index >= 15 is 0 Å². The molecule has 0 heterocycles. The molecule has 0 radical (unpaired) electrons. The number of nitrogens with one attached hydrogen (secondary N) is 1. The lowest BCUT2D eigenvalue weighted by Gasteiger charge is -2.15. The summed E-state index contributed by atoms with van der Waals surface area (Å²) in [4.78, 5) is 0. The number of rotatable bonds is 4. The monoisotopic (exact) mass is 259 g/mol. The third kappa shape index (κ3) is 3.16. The van der Waals surface area contributed by atoms with Crippen molar-refractivity contribution in [3.05, 3.63) is 29.3 Å². The normalized spacial score (nSPS) is 18.8. The Morgan fingerprint density at radius 3 is 2.83 bits per heavy atom. The molecule has 0 aliphatic heterocycles. The van der Waals surface area contributed by atoms with Crippen LogP contribution in [0.2, 0.25) is 0 Å². The topological polar surface area (TPSA) is 21.3 Å². The first-order valence-electron chi connectivity index (χ1n) is 5.96. The van der Waals surface area contributed by atoms with Crippen molar-refractivity contribution >= 4 is 0 Å². The van der Waals surface area contributed by atoms with Crippen LogP contribution in [-0.2, 0) is 6.42 Å². The van der Waals surface area contributed by atoms with E-state index in [2.05, 4.69) is 5.32 Å². The molecule has 0 amide bonds. The van der Waals surface area contributed by atoms with Gasteiger partial charge in [0.05, 0.1) is 13.5 Å². The Labute approximate surface area is 104 Å². The Bertz CT molecular complexity index is 417. The summed E-state index contributed by atoms with van der Waals surface area (Å²) in [5, 5.41) is 2.97. The molecule has 2 rings (SSSR count). The Morgan fingerprint density at radius 1 is 1.39 bits per heavy atom. The molecule has 0 saturated heterocycles. The molecule has 0 fully saturated rings. The van der Waals surface area contributed by atoms with Gasteiger partial charge in [0, 0.05) is 12.6 Å². The van der Waals surface area contributed by atoms with Crippen LogP contribution in [0.25, 0.3) is 0 Å². The van der Waals surface area contributed by atoms with Crippen molar-refractivity contribution in [2.75, 3.05) is 13.7 Å². The van der Waals surface area contributed by atoms with Gasteiger partial charge in [-0.15, -0.1) is 0 Å². The predicted octanol–water partition coefficient (Wildman–Crippen LogP) is 3.22. The zero-order valence-corrected chi connectivity index (χ0v) is 10.2. The fraction of sp³-hybridized carbons (Fsp3) is 0.538. The number of hydrogen-bond acceptors (Lipinski definition) is 2. The molecule has 1 N–H and O–H groups in total. The molecule has 0 aromatic heterocycles. The summed E-state index contributed by atoms with van der Waals surface area (Å²) in [6, 6.07) is 5.79. The van der Waals surface area contributed by atoms with Crippen LogP contribution in [0.3, 0.4) is 0 Å². The van der Waals surface area contributed by atoms with Crippen LogP contribution >= 0.6 is 0 Å². The van der Waals surface area contributed by atoms with Crippen molar-refractivity contribution < 1.29 is 17.9 Å². The SMILES string of the molecule is COc1ccc2c(c1)C(NCCC(F)(F)F)CC2. The lowest BCUT2D eigenvalue weighted by Crippen LogP contribution is -2.24. The van der Waals surface area contributed by atoms with Crippen LogP contribution in [0.4, 0.5) is 13.2 Å². The highest BCUT2D eigenvalue weighted by atomic mass is 19.4. The van der Waals surface area contributed by atoms with Crippen LogP contribution in [0.1, 0.15) is 30.0 Å². The fourth-order valence-corrected chi connectivity index (χ4v) is 2.31. The molecular formula is C13H16F3NO. The summed E-state index contributed by atoms with van der Waals surface area (Å²) in [5.41, 5.74) is 2.26. The molecule has 1 atom stereocenters. The van der Waals surface area contributed by atoms with Gasteiger partial charge in [0.15, 0.2) is 0 Å². The number of alkyl halides is 3. The Hall–Kier alpha value is -1.23. The first-order chi connectivity index (χ1) is 8.49. The van der Waals surface area contributed by atoms with Gasteiger partial charge in [0.1, 0.15) is 5.75 Å². The second-order valence-corrected chi connectivity index (χ2v) is 4.48. The van der Waals surface area contributed by atoms with Gasteiger partial charge in [-0.25, -0.2) is 0 Å². The summed E-state index contributed by atoms with van der Waals surface area (Å²) in [7, 11) is 1.59. The van der Waals surface area contributed by atoms with E-state index in [1.165, 1.54) is 5.56 Å². The summed E-state index contributed by atoms with van der Waals surface area (Å²) in [6.45, 7) is -0.0369. The molecule has 0 saturated carbocycles. The second-order valence-electron chi connectivity index (χ2n) is 4.48. The zero-order chi connectivity index (χ0) is 13.2. The average Bonchev–Trinajstić information content (AvgIpc) is 2.70. The van der Waals surface area contributed by atoms with E-state index in [-0.39, 0.29) is 12.6 Å². The Balaban J connectivity index is 1.98. The van der Waals surface area contributed by atoms with E-state index in [9.17, 15) is 13.2 Å². The molecule has 1 unspecified atom stereocenters. The number of aryl methyl sites for hydroxylation is 1. The number of methoxy groups -OCH3 is 1. The van der Waals surface area contributed by atoms with E-state index in [1.54, 1.807) is 7.11 Å². The van der Waals surface area contributed by atoms with Crippen LogP contribution in [0.15, 0.2) is 18.2 Å². The lowest BCUT2D eigenvalue weighted by molar-refractivity contribution is -0.133. The fourth-order valence-electron chi connectivity index (χ4n) is 2.31. The second kappa shape index (κ2) is 5.18. The number of halogens is 3. The van der Waals surface area contributed by atoms with Crippen molar-refractivity contribution in [2.24, 2.45) is 0 Å². The van der Waals surface area contributed by atoms with E-state index in [0.717, 1.165) is 24.2 Å². The maximum Gasteiger partial charge on any atom is 0.390 e. The van der Waals surface area contributed by atoms with Crippen molar-refractivity contribution in [3.8, 4) is 5.75 Å². The molecule has 1 aliphatic carbocycles. The number of fused-ring (bicyclic) bond motifs is 1. The molecule has 18 heavy (non-hydrogen) atoms. The van der Waals surface area contributed by atoms with Gasteiger partial charge in [-0.3, -0.25) is 0 Å². The van der Waals surface area contributed by atoms with Gasteiger partial charge in [0.2, 0.25) is 0 Å². The predicted molar refractivity (Wildman–Crippen MR) is 62.7 cm³/mol. The molecule has 2 nitrogen and oxygen atoms in total. The van der Waals surface area contributed by atoms with E-state index in [1.807, 2.05) is 18.2 Å². The van der Waals surface area contributed by atoms with Gasteiger partial charge >= 0.3 is 6.18 Å². The molecular weight excluding hydrogens is 243 g/mol. The summed E-state index contributed by atoms with van der Waals surface area (Å²) in [5.74, 6) is 0.748. The zero-order valence-electron chi connectivity index (χ0n) is 10.2. The molecule has 5 heteroatoms. The first kappa shape index (κ1) is 13.2. The molecule has 1 aliphatic rings. The van der Waals surface area contributed by atoms with Gasteiger partial charge in [-0.05, 0) is 36.1 Å². The maximum absolute atomic E-state index is 12.1. The lowest BCUT2D eigenvalue weighted by atomic mass is 10.1. The van der Waals surface area contributed by atoms with E-state index in [0.29, 0.717) is 0 Å². The van der Waals surface area contributed by atoms with E-state index < -0.39 is 12.6 Å². The molecule has 1 aromatic rings. The summed E-state index contributed by atoms with van der Waals surface area (Å²) >= 11 is 0. The largest absolute Gasteiger partial charge is 0.497 e. The van der Waals surface area contributed by atoms with E-state index in [4.69, 9.17) is 4.74 Å². The number of hydrogen-bond donors (Lipinski definition) is 1. The van der Waals surface area contributed by atoms with Gasteiger partial charge in [0.25, 0.3) is 0 Å². The highest BCUT2D eigenvalue weighted by Crippen LogP contribution is 2.33. The number of ether oxygens (including phenoxy) is 1. The summed E-state index contributed by atoms with van der Waals surface area (Å²) in [6.07, 6.45) is -3.13. The van der Waals surface area contributed by atoms with Crippen molar-refractivity contribution in [1.82, 2.24) is 5.32 Å². The quantitative estimate of drug-likeness (QED) is 0.896. The van der Waals surface area contributed by atoms with Crippen molar-refractivity contribution in [3.63, 3.8) is 0 Å². The third-order valence-electron chi connectivity index (χ3n) is 3.23. The van der Waals surface area contributed by atoms with Crippen molar-refractivity contribution in [2.45, 2.75) is 31.5 Å². The molecule has 0 bridgehead atoms. The van der Waals surface area contributed by atoms with Crippen molar-refractivity contribution in [1.29, 1.82) is 0 Å². The van der Waals surface area contributed by atoms with Gasteiger partial charge < -0.3 is 10.1 Å². The van der Waals surface area contributed by atoms with Gasteiger partial charge in [-0.2, -0.15) is 13.2 Å². The Kier molecular flexibility index (Phi) is 3.80. The first-order valence-corrected chi connectivity index (χ1v) is 5.96. The minimum atomic E-state index is -4.09. The smallest absolute Gasteiger partial charge is 0.390 e. The molecule has 1 aromatic carbocycles. The standard InChI is InChI=1S/C13H16F3NO/c1-18-10-4-2-9-3-5-12(11(9)8-10)17-7-6-13(14,15)16/h2,4,8,12,17H,3,5-7H2,1H3. The number of benzene rings is 1. The third-order valence-corrected chi connectivity index (χ3v) is 3.23. The highest BCUT2D eigenvalue weighted by molar-refractivity contribution is 5.40.